The third-order valence-corrected chi connectivity index (χ3v) is 6.40. The van der Waals surface area contributed by atoms with Gasteiger partial charge in [-0.1, -0.05) is 6.92 Å². The Kier molecular flexibility index (Phi) is 9.43. The number of likely N-dealkylation sites (tertiary alicyclic amines) is 1. The summed E-state index contributed by atoms with van der Waals surface area (Å²) in [6, 6.07) is 0.207. The molecule has 1 amide bonds. The second kappa shape index (κ2) is 10.5. The quantitative estimate of drug-likeness (QED) is 0.258. The maximum atomic E-state index is 11.8. The number of nitrogens with two attached hydrogens (primary N) is 1. The van der Waals surface area contributed by atoms with Gasteiger partial charge in [0.2, 0.25) is 5.91 Å². The van der Waals surface area contributed by atoms with E-state index in [1.54, 1.807) is 0 Å². The van der Waals surface area contributed by atoms with Crippen LogP contribution in [-0.2, 0) is 14.6 Å². The van der Waals surface area contributed by atoms with Crippen LogP contribution in [0.15, 0.2) is 4.99 Å². The first-order valence-corrected chi connectivity index (χ1v) is 10.5. The number of halogens is 1. The Morgan fingerprint density at radius 3 is 2.76 bits per heavy atom. The molecule has 0 aromatic rings. The van der Waals surface area contributed by atoms with Crippen LogP contribution in [0.25, 0.3) is 0 Å². The van der Waals surface area contributed by atoms with Gasteiger partial charge >= 0.3 is 0 Å². The minimum absolute atomic E-state index is 0. The van der Waals surface area contributed by atoms with Crippen molar-refractivity contribution in [2.75, 3.05) is 37.7 Å². The Morgan fingerprint density at radius 2 is 2.12 bits per heavy atom. The molecule has 2 atom stereocenters. The van der Waals surface area contributed by atoms with E-state index in [0.29, 0.717) is 31.5 Å². The molecular weight excluding hydrogens is 457 g/mol. The summed E-state index contributed by atoms with van der Waals surface area (Å²) in [5, 5.41) is 5.69. The molecule has 0 aromatic carbocycles. The lowest BCUT2D eigenvalue weighted by molar-refractivity contribution is -0.121. The third kappa shape index (κ3) is 7.65. The number of hydrogen-bond donors (Lipinski definition) is 3. The number of amides is 1. The van der Waals surface area contributed by atoms with Gasteiger partial charge in [0.05, 0.1) is 18.1 Å². The number of sulfone groups is 1. The van der Waals surface area contributed by atoms with E-state index >= 15 is 0 Å². The van der Waals surface area contributed by atoms with Gasteiger partial charge in [-0.15, -0.1) is 24.0 Å². The fourth-order valence-electron chi connectivity index (χ4n) is 3.29. The lowest BCUT2D eigenvalue weighted by Gasteiger charge is -2.20. The van der Waals surface area contributed by atoms with Gasteiger partial charge in [-0.25, -0.2) is 8.42 Å². The van der Waals surface area contributed by atoms with Crippen LogP contribution in [0.1, 0.15) is 32.6 Å². The van der Waals surface area contributed by atoms with E-state index in [-0.39, 0.29) is 53.9 Å². The number of aliphatic imine (C=N–C) groups is 1. The number of rotatable bonds is 7. The van der Waals surface area contributed by atoms with Crippen LogP contribution in [-0.4, -0.2) is 75.0 Å². The van der Waals surface area contributed by atoms with Crippen molar-refractivity contribution in [1.82, 2.24) is 15.5 Å². The third-order valence-electron chi connectivity index (χ3n) is 4.63. The molecule has 10 heteroatoms. The first-order valence-electron chi connectivity index (χ1n) is 8.67. The molecule has 0 aromatic heterocycles. The van der Waals surface area contributed by atoms with E-state index in [9.17, 15) is 13.2 Å². The molecule has 0 aliphatic carbocycles. The number of nitrogens with one attached hydrogen (secondary N) is 2. The molecule has 2 aliphatic rings. The van der Waals surface area contributed by atoms with Crippen LogP contribution in [0.5, 0.6) is 0 Å². The number of nitrogens with zero attached hydrogens (tertiary/aromatic N) is 2. The van der Waals surface area contributed by atoms with Crippen LogP contribution >= 0.6 is 24.0 Å². The van der Waals surface area contributed by atoms with Crippen molar-refractivity contribution in [2.24, 2.45) is 10.7 Å². The number of guanidine groups is 1. The molecule has 0 bridgehead atoms. The van der Waals surface area contributed by atoms with Gasteiger partial charge in [0, 0.05) is 25.0 Å². The van der Waals surface area contributed by atoms with E-state index < -0.39 is 9.84 Å². The number of carbonyl (C=O) groups is 1. The molecule has 0 spiro atoms. The first kappa shape index (κ1) is 22.4. The summed E-state index contributed by atoms with van der Waals surface area (Å²) in [7, 11) is -2.97. The maximum Gasteiger partial charge on any atom is 0.222 e. The monoisotopic (exact) mass is 487 g/mol. The van der Waals surface area contributed by atoms with Gasteiger partial charge in [-0.3, -0.25) is 14.7 Å². The molecule has 25 heavy (non-hydrogen) atoms. The Morgan fingerprint density at radius 1 is 1.36 bits per heavy atom. The van der Waals surface area contributed by atoms with Crippen molar-refractivity contribution in [1.29, 1.82) is 0 Å². The van der Waals surface area contributed by atoms with Crippen LogP contribution in [0, 0.1) is 0 Å². The lowest BCUT2D eigenvalue weighted by atomic mass is 10.2. The molecule has 2 unspecified atom stereocenters. The van der Waals surface area contributed by atoms with Gasteiger partial charge in [-0.2, -0.15) is 0 Å². The topological polar surface area (TPSA) is 117 Å². The second-order valence-corrected chi connectivity index (χ2v) is 8.72. The van der Waals surface area contributed by atoms with Crippen LogP contribution < -0.4 is 16.4 Å². The summed E-state index contributed by atoms with van der Waals surface area (Å²) in [5.41, 5.74) is 5.83. The number of hydrogen-bond acceptors (Lipinski definition) is 5. The minimum atomic E-state index is -2.97. The lowest BCUT2D eigenvalue weighted by Crippen LogP contribution is -2.39. The summed E-state index contributed by atoms with van der Waals surface area (Å²) in [6.07, 6.45) is 3.10. The molecule has 2 heterocycles. The fraction of sp³-hybridized carbons (Fsp3) is 0.867. The van der Waals surface area contributed by atoms with Gasteiger partial charge in [0.1, 0.15) is 0 Å². The van der Waals surface area contributed by atoms with Crippen molar-refractivity contribution in [2.45, 2.75) is 44.7 Å². The normalized spacial score (nSPS) is 26.2. The molecule has 146 valence electrons. The zero-order chi connectivity index (χ0) is 17.6. The van der Waals surface area contributed by atoms with E-state index in [1.807, 2.05) is 0 Å². The smallest absolute Gasteiger partial charge is 0.222 e. The Labute approximate surface area is 167 Å². The van der Waals surface area contributed by atoms with Gasteiger partial charge < -0.3 is 16.4 Å². The first-order chi connectivity index (χ1) is 11.4. The zero-order valence-electron chi connectivity index (χ0n) is 14.7. The minimum Gasteiger partial charge on any atom is -0.370 e. The molecule has 2 aliphatic heterocycles. The highest BCUT2D eigenvalue weighted by atomic mass is 127. The molecule has 2 fully saturated rings. The molecule has 2 rings (SSSR count). The number of likely N-dealkylation sites (N-methyl/N-ethyl adjacent to an activating group) is 1. The van der Waals surface area contributed by atoms with Crippen LogP contribution in [0.4, 0.5) is 0 Å². The second-order valence-electron chi connectivity index (χ2n) is 6.49. The molecule has 0 radical (unpaired) electrons. The maximum absolute atomic E-state index is 11.8. The van der Waals surface area contributed by atoms with Crippen molar-refractivity contribution >= 4 is 45.7 Å². The van der Waals surface area contributed by atoms with E-state index in [2.05, 4.69) is 27.4 Å². The fourth-order valence-corrected chi connectivity index (χ4v) is 4.96. The van der Waals surface area contributed by atoms with Crippen molar-refractivity contribution in [3.63, 3.8) is 0 Å². The predicted octanol–water partition coefficient (Wildman–Crippen LogP) is -0.314. The Bertz CT molecular complexity index is 570. The highest BCUT2D eigenvalue weighted by molar-refractivity contribution is 14.0. The van der Waals surface area contributed by atoms with Crippen molar-refractivity contribution in [3.05, 3.63) is 0 Å². The average molecular weight is 487 g/mol. The SMILES string of the molecule is CCN1CCCC1CN=C(N)NCCC(=O)NC1CCS(=O)(=O)C1.I. The molecular formula is C15H30IN5O3S. The Hall–Kier alpha value is -0.620. The summed E-state index contributed by atoms with van der Waals surface area (Å²) in [6.45, 7) is 5.38. The molecule has 4 N–H and O–H groups in total. The van der Waals surface area contributed by atoms with Gasteiger partial charge in [0.15, 0.2) is 15.8 Å². The summed E-state index contributed by atoms with van der Waals surface area (Å²) in [5.74, 6) is 0.399. The molecule has 2 saturated heterocycles. The summed E-state index contributed by atoms with van der Waals surface area (Å²) < 4.78 is 22.7. The summed E-state index contributed by atoms with van der Waals surface area (Å²) in [4.78, 5) is 18.6. The van der Waals surface area contributed by atoms with Crippen molar-refractivity contribution < 1.29 is 13.2 Å². The van der Waals surface area contributed by atoms with E-state index in [1.165, 1.54) is 6.42 Å². The van der Waals surface area contributed by atoms with E-state index in [4.69, 9.17) is 5.73 Å². The predicted molar refractivity (Wildman–Crippen MR) is 110 cm³/mol. The average Bonchev–Trinajstić information content (AvgIpc) is 3.10. The van der Waals surface area contributed by atoms with Crippen molar-refractivity contribution in [3.8, 4) is 0 Å². The largest absolute Gasteiger partial charge is 0.370 e. The Balaban J connectivity index is 0.00000312. The van der Waals surface area contributed by atoms with Gasteiger partial charge in [0.25, 0.3) is 0 Å². The molecule has 8 nitrogen and oxygen atoms in total. The standard InChI is InChI=1S/C15H29N5O3S.HI/c1-2-20-8-3-4-13(20)10-18-15(16)17-7-5-14(21)19-12-6-9-24(22,23)11-12;/h12-13H,2-11H2,1H3,(H,19,21)(H3,16,17,18);1H. The van der Waals surface area contributed by atoms with Crippen LogP contribution in [0.2, 0.25) is 0 Å². The van der Waals surface area contributed by atoms with Crippen LogP contribution in [0.3, 0.4) is 0 Å². The highest BCUT2D eigenvalue weighted by Crippen LogP contribution is 2.16. The van der Waals surface area contributed by atoms with E-state index in [0.717, 1.165) is 19.5 Å². The number of carbonyl (C=O) groups excluding carboxylic acids is 1. The van der Waals surface area contributed by atoms with Gasteiger partial charge in [-0.05, 0) is 32.4 Å². The highest BCUT2D eigenvalue weighted by Gasteiger charge is 2.28. The molecule has 0 saturated carbocycles. The zero-order valence-corrected chi connectivity index (χ0v) is 17.9. The summed E-state index contributed by atoms with van der Waals surface area (Å²) >= 11 is 0.